The van der Waals surface area contributed by atoms with Gasteiger partial charge in [0.05, 0.1) is 0 Å². The summed E-state index contributed by atoms with van der Waals surface area (Å²) in [4.78, 5) is 22.9. The van der Waals surface area contributed by atoms with Gasteiger partial charge in [-0.15, -0.1) is 11.6 Å². The molecule has 0 aromatic heterocycles. The smallest absolute Gasteiger partial charge is 0.237 e. The summed E-state index contributed by atoms with van der Waals surface area (Å²) in [7, 11) is 0. The maximum Gasteiger partial charge on any atom is 0.237 e. The van der Waals surface area contributed by atoms with E-state index in [0.717, 1.165) is 16.8 Å². The summed E-state index contributed by atoms with van der Waals surface area (Å²) in [5, 5.41) is 4.84. The van der Waals surface area contributed by atoms with Gasteiger partial charge in [-0.1, -0.05) is 12.1 Å². The van der Waals surface area contributed by atoms with Crippen LogP contribution in [0.1, 0.15) is 24.5 Å². The van der Waals surface area contributed by atoms with Crippen LogP contribution in [0, 0.1) is 13.8 Å². The van der Waals surface area contributed by atoms with E-state index in [1.54, 1.807) is 6.92 Å². The van der Waals surface area contributed by atoms with Gasteiger partial charge in [0, 0.05) is 18.7 Å². The SMILES string of the molecule is Cc1ccc(C)c(NC(=O)CCNC(=O)[C@H](C)Cl)c1. The lowest BCUT2D eigenvalue weighted by Crippen LogP contribution is -2.32. The molecule has 1 aromatic carbocycles. The standard InChI is InChI=1S/C14H19ClN2O2/c1-9-4-5-10(2)12(8-9)17-13(18)6-7-16-14(19)11(3)15/h4-5,8,11H,6-7H2,1-3H3,(H,16,19)(H,17,18)/t11-/m0/s1. The lowest BCUT2D eigenvalue weighted by atomic mass is 10.1. The van der Waals surface area contributed by atoms with Crippen molar-refractivity contribution in [3.63, 3.8) is 0 Å². The molecule has 1 aromatic rings. The maximum atomic E-state index is 11.7. The molecule has 5 heteroatoms. The number of hydrogen-bond donors (Lipinski definition) is 2. The molecule has 0 aliphatic carbocycles. The average Bonchev–Trinajstić information content (AvgIpc) is 2.33. The summed E-state index contributed by atoms with van der Waals surface area (Å²) in [5.74, 6) is -0.391. The second kappa shape index (κ2) is 7.14. The van der Waals surface area contributed by atoms with Gasteiger partial charge in [-0.3, -0.25) is 9.59 Å². The molecule has 1 atom stereocenters. The molecule has 0 aliphatic rings. The maximum absolute atomic E-state index is 11.7. The van der Waals surface area contributed by atoms with Gasteiger partial charge in [-0.25, -0.2) is 0 Å². The van der Waals surface area contributed by atoms with Crippen molar-refractivity contribution in [1.29, 1.82) is 0 Å². The monoisotopic (exact) mass is 282 g/mol. The van der Waals surface area contributed by atoms with E-state index in [4.69, 9.17) is 11.6 Å². The Bertz CT molecular complexity index is 473. The van der Waals surface area contributed by atoms with E-state index in [1.807, 2.05) is 32.0 Å². The summed E-state index contributed by atoms with van der Waals surface area (Å²) in [5.41, 5.74) is 2.91. The van der Waals surface area contributed by atoms with E-state index in [9.17, 15) is 9.59 Å². The normalized spacial score (nSPS) is 11.8. The van der Waals surface area contributed by atoms with Crippen LogP contribution in [-0.2, 0) is 9.59 Å². The van der Waals surface area contributed by atoms with E-state index in [2.05, 4.69) is 10.6 Å². The predicted molar refractivity (Wildman–Crippen MR) is 77.5 cm³/mol. The van der Waals surface area contributed by atoms with Crippen molar-refractivity contribution in [3.8, 4) is 0 Å². The second-order valence-corrected chi connectivity index (χ2v) is 5.18. The summed E-state index contributed by atoms with van der Waals surface area (Å²) >= 11 is 5.60. The Balaban J connectivity index is 2.43. The molecular weight excluding hydrogens is 264 g/mol. The first-order valence-electron chi connectivity index (χ1n) is 6.19. The van der Waals surface area contributed by atoms with Gasteiger partial charge in [0.2, 0.25) is 11.8 Å². The van der Waals surface area contributed by atoms with Crippen LogP contribution >= 0.6 is 11.6 Å². The molecule has 0 fully saturated rings. The minimum Gasteiger partial charge on any atom is -0.354 e. The number of anilines is 1. The lowest BCUT2D eigenvalue weighted by molar-refractivity contribution is -0.120. The number of alkyl halides is 1. The van der Waals surface area contributed by atoms with E-state index in [0.29, 0.717) is 0 Å². The fourth-order valence-corrected chi connectivity index (χ4v) is 1.60. The van der Waals surface area contributed by atoms with Gasteiger partial charge in [0.1, 0.15) is 5.38 Å². The summed E-state index contributed by atoms with van der Waals surface area (Å²) < 4.78 is 0. The average molecular weight is 283 g/mol. The van der Waals surface area contributed by atoms with E-state index >= 15 is 0 Å². The van der Waals surface area contributed by atoms with Gasteiger partial charge in [-0.2, -0.15) is 0 Å². The Morgan fingerprint density at radius 3 is 2.63 bits per heavy atom. The van der Waals surface area contributed by atoms with Gasteiger partial charge in [0.15, 0.2) is 0 Å². The molecule has 0 aliphatic heterocycles. The van der Waals surface area contributed by atoms with Crippen LogP contribution in [0.15, 0.2) is 18.2 Å². The molecule has 0 bridgehead atoms. The minimum atomic E-state index is -0.581. The third-order valence-electron chi connectivity index (χ3n) is 2.68. The Morgan fingerprint density at radius 1 is 1.32 bits per heavy atom. The Kier molecular flexibility index (Phi) is 5.83. The van der Waals surface area contributed by atoms with Crippen molar-refractivity contribution in [2.75, 3.05) is 11.9 Å². The molecule has 2 N–H and O–H groups in total. The second-order valence-electron chi connectivity index (χ2n) is 4.52. The molecule has 2 amide bonds. The highest BCUT2D eigenvalue weighted by Gasteiger charge is 2.09. The molecule has 0 radical (unpaired) electrons. The molecule has 0 saturated heterocycles. The number of carbonyl (C=O) groups excluding carboxylic acids is 2. The molecule has 0 unspecified atom stereocenters. The number of amides is 2. The Labute approximate surface area is 118 Å². The van der Waals surface area contributed by atoms with Gasteiger partial charge in [0.25, 0.3) is 0 Å². The topological polar surface area (TPSA) is 58.2 Å². The number of halogens is 1. The third-order valence-corrected chi connectivity index (χ3v) is 2.88. The number of rotatable bonds is 5. The van der Waals surface area contributed by atoms with Crippen molar-refractivity contribution in [3.05, 3.63) is 29.3 Å². The van der Waals surface area contributed by atoms with Crippen LogP contribution in [0.25, 0.3) is 0 Å². The molecule has 1 rings (SSSR count). The fraction of sp³-hybridized carbons (Fsp3) is 0.429. The number of benzene rings is 1. The van der Waals surface area contributed by atoms with Crippen LogP contribution in [0.5, 0.6) is 0 Å². The van der Waals surface area contributed by atoms with Crippen LogP contribution in [0.4, 0.5) is 5.69 Å². The zero-order valence-electron chi connectivity index (χ0n) is 11.4. The summed E-state index contributed by atoms with van der Waals surface area (Å²) in [6.45, 7) is 5.78. The molecule has 4 nitrogen and oxygen atoms in total. The number of nitrogens with one attached hydrogen (secondary N) is 2. The lowest BCUT2D eigenvalue weighted by Gasteiger charge is -2.10. The van der Waals surface area contributed by atoms with E-state index in [1.165, 1.54) is 0 Å². The van der Waals surface area contributed by atoms with Crippen molar-refractivity contribution < 1.29 is 9.59 Å². The number of hydrogen-bond acceptors (Lipinski definition) is 2. The van der Waals surface area contributed by atoms with Gasteiger partial charge < -0.3 is 10.6 Å². The molecule has 0 spiro atoms. The van der Waals surface area contributed by atoms with Crippen molar-refractivity contribution in [2.45, 2.75) is 32.6 Å². The zero-order valence-corrected chi connectivity index (χ0v) is 12.2. The molecule has 0 saturated carbocycles. The Morgan fingerprint density at radius 2 is 2.00 bits per heavy atom. The predicted octanol–water partition coefficient (Wildman–Crippen LogP) is 2.38. The number of aryl methyl sites for hydroxylation is 2. The minimum absolute atomic E-state index is 0.128. The van der Waals surface area contributed by atoms with Gasteiger partial charge in [-0.05, 0) is 38.0 Å². The van der Waals surface area contributed by atoms with E-state index in [-0.39, 0.29) is 24.8 Å². The first-order chi connectivity index (χ1) is 8.90. The van der Waals surface area contributed by atoms with Crippen LogP contribution in [-0.4, -0.2) is 23.7 Å². The van der Waals surface area contributed by atoms with Crippen molar-refractivity contribution in [2.24, 2.45) is 0 Å². The molecule has 0 heterocycles. The van der Waals surface area contributed by atoms with Gasteiger partial charge >= 0.3 is 0 Å². The highest BCUT2D eigenvalue weighted by Crippen LogP contribution is 2.16. The third kappa shape index (κ3) is 5.30. The van der Waals surface area contributed by atoms with E-state index < -0.39 is 5.38 Å². The van der Waals surface area contributed by atoms with Crippen LogP contribution in [0.2, 0.25) is 0 Å². The molecular formula is C14H19ClN2O2. The van der Waals surface area contributed by atoms with Crippen LogP contribution in [0.3, 0.4) is 0 Å². The quantitative estimate of drug-likeness (QED) is 0.815. The van der Waals surface area contributed by atoms with Crippen molar-refractivity contribution >= 4 is 29.1 Å². The highest BCUT2D eigenvalue weighted by atomic mass is 35.5. The van der Waals surface area contributed by atoms with Crippen molar-refractivity contribution in [1.82, 2.24) is 5.32 Å². The fourth-order valence-electron chi connectivity index (χ4n) is 1.52. The number of carbonyl (C=O) groups is 2. The summed E-state index contributed by atoms with van der Waals surface area (Å²) in [6.07, 6.45) is 0.225. The molecule has 104 valence electrons. The largest absolute Gasteiger partial charge is 0.354 e. The summed E-state index contributed by atoms with van der Waals surface area (Å²) in [6, 6.07) is 5.88. The van der Waals surface area contributed by atoms with Crippen LogP contribution < -0.4 is 10.6 Å². The zero-order chi connectivity index (χ0) is 14.4. The Hall–Kier alpha value is -1.55. The highest BCUT2D eigenvalue weighted by molar-refractivity contribution is 6.30. The first kappa shape index (κ1) is 15.5. The first-order valence-corrected chi connectivity index (χ1v) is 6.62. The molecule has 19 heavy (non-hydrogen) atoms.